The van der Waals surface area contributed by atoms with E-state index in [0.717, 1.165) is 40.4 Å². The molecule has 2 saturated heterocycles. The van der Waals surface area contributed by atoms with Crippen molar-refractivity contribution in [3.05, 3.63) is 39.3 Å². The molecule has 1 atom stereocenters. The Morgan fingerprint density at radius 1 is 1.47 bits per heavy atom. The number of amides is 2. The number of methoxy groups -OCH3 is 1. The predicted molar refractivity (Wildman–Crippen MR) is 133 cm³/mol. The van der Waals surface area contributed by atoms with E-state index in [-0.39, 0.29) is 24.5 Å². The van der Waals surface area contributed by atoms with Gasteiger partial charge in [-0.25, -0.2) is 0 Å². The van der Waals surface area contributed by atoms with Crippen LogP contribution in [0.15, 0.2) is 33.8 Å². The first-order valence-electron chi connectivity index (χ1n) is 10.4. The fraction of sp³-hybridized carbons (Fsp3) is 0.409. The normalized spacial score (nSPS) is 20.1. The number of carbonyl (C=O) groups is 2. The highest BCUT2D eigenvalue weighted by Crippen LogP contribution is 2.35. The molecular formula is C22H24BrN3O4S2. The first kappa shape index (κ1) is 23.4. The summed E-state index contributed by atoms with van der Waals surface area (Å²) in [4.78, 5) is 27.6. The largest absolute Gasteiger partial charge is 0.383 e. The Kier molecular flexibility index (Phi) is 7.67. The first-order valence-corrected chi connectivity index (χ1v) is 12.4. The SMILES string of the molecule is COCCNC(=O)Cn1cc(/C=C2\SC(=S)N(C[C@H]3CCCO3)C2=O)c2cc(Br)ccc21. The molecule has 170 valence electrons. The molecule has 0 radical (unpaired) electrons. The summed E-state index contributed by atoms with van der Waals surface area (Å²) in [5.74, 6) is -0.194. The number of halogens is 1. The van der Waals surface area contributed by atoms with Gasteiger partial charge in [0, 0.05) is 47.4 Å². The molecule has 2 aliphatic heterocycles. The van der Waals surface area contributed by atoms with Crippen molar-refractivity contribution >= 4 is 73.0 Å². The lowest BCUT2D eigenvalue weighted by Crippen LogP contribution is -2.35. The number of benzene rings is 1. The highest BCUT2D eigenvalue weighted by Gasteiger charge is 2.34. The molecule has 2 aromatic rings. The Hall–Kier alpha value is -1.72. The van der Waals surface area contributed by atoms with Crippen molar-refractivity contribution < 1.29 is 19.1 Å². The summed E-state index contributed by atoms with van der Waals surface area (Å²) >= 11 is 10.3. The summed E-state index contributed by atoms with van der Waals surface area (Å²) in [6.45, 7) is 2.33. The standard InChI is InChI=1S/C22H24BrN3O4S2/c1-29-8-6-24-20(27)13-25-11-14(17-10-15(23)4-5-18(17)25)9-19-21(28)26(22(31)32-19)12-16-3-2-7-30-16/h4-5,9-11,16H,2-3,6-8,12-13H2,1H3,(H,24,27)/b19-9-/t16-/m1/s1. The molecule has 1 aromatic carbocycles. The summed E-state index contributed by atoms with van der Waals surface area (Å²) in [6.07, 6.45) is 5.78. The molecule has 4 rings (SSSR count). The minimum Gasteiger partial charge on any atom is -0.383 e. The molecule has 0 unspecified atom stereocenters. The number of carbonyl (C=O) groups excluding carboxylic acids is 2. The number of nitrogens with zero attached hydrogens (tertiary/aromatic N) is 2. The number of thiocarbonyl (C=S) groups is 1. The zero-order valence-corrected chi connectivity index (χ0v) is 20.9. The second-order valence-corrected chi connectivity index (χ2v) is 10.2. The molecular weight excluding hydrogens is 514 g/mol. The molecule has 0 saturated carbocycles. The van der Waals surface area contributed by atoms with E-state index >= 15 is 0 Å². The quantitative estimate of drug-likeness (QED) is 0.315. The van der Waals surface area contributed by atoms with Crippen LogP contribution in [0.5, 0.6) is 0 Å². The number of fused-ring (bicyclic) bond motifs is 1. The van der Waals surface area contributed by atoms with Crippen LogP contribution in [-0.4, -0.2) is 65.1 Å². The third-order valence-electron chi connectivity index (χ3n) is 5.39. The molecule has 3 heterocycles. The molecule has 1 aromatic heterocycles. The van der Waals surface area contributed by atoms with E-state index in [9.17, 15) is 9.59 Å². The van der Waals surface area contributed by atoms with E-state index in [0.29, 0.717) is 28.9 Å². The number of ether oxygens (including phenoxy) is 2. The van der Waals surface area contributed by atoms with Crippen molar-refractivity contribution in [1.82, 2.24) is 14.8 Å². The third-order valence-corrected chi connectivity index (χ3v) is 7.26. The van der Waals surface area contributed by atoms with Crippen LogP contribution in [0, 0.1) is 0 Å². The molecule has 10 heteroatoms. The van der Waals surface area contributed by atoms with Gasteiger partial charge in [-0.3, -0.25) is 14.5 Å². The molecule has 2 amide bonds. The topological polar surface area (TPSA) is 72.8 Å². The number of rotatable bonds is 8. The van der Waals surface area contributed by atoms with Crippen LogP contribution in [0.1, 0.15) is 18.4 Å². The van der Waals surface area contributed by atoms with Gasteiger partial charge in [-0.2, -0.15) is 0 Å². The van der Waals surface area contributed by atoms with Gasteiger partial charge in [-0.05, 0) is 37.1 Å². The van der Waals surface area contributed by atoms with Crippen LogP contribution < -0.4 is 5.32 Å². The Labute approximate surface area is 204 Å². The molecule has 1 N–H and O–H groups in total. The molecule has 7 nitrogen and oxygen atoms in total. The lowest BCUT2D eigenvalue weighted by Gasteiger charge is -2.18. The zero-order valence-electron chi connectivity index (χ0n) is 17.6. The molecule has 0 aliphatic carbocycles. The Bertz CT molecular complexity index is 1080. The number of aromatic nitrogens is 1. The summed E-state index contributed by atoms with van der Waals surface area (Å²) in [5.41, 5.74) is 1.78. The van der Waals surface area contributed by atoms with Crippen LogP contribution in [0.2, 0.25) is 0 Å². The van der Waals surface area contributed by atoms with Crippen LogP contribution in [-0.2, 0) is 25.6 Å². The van der Waals surface area contributed by atoms with Crippen molar-refractivity contribution in [3.8, 4) is 0 Å². The average molecular weight is 538 g/mol. The van der Waals surface area contributed by atoms with Gasteiger partial charge in [0.15, 0.2) is 0 Å². The van der Waals surface area contributed by atoms with Crippen LogP contribution in [0.4, 0.5) is 0 Å². The molecule has 32 heavy (non-hydrogen) atoms. The van der Waals surface area contributed by atoms with E-state index in [1.807, 2.05) is 35.0 Å². The van der Waals surface area contributed by atoms with Gasteiger partial charge in [0.1, 0.15) is 10.9 Å². The maximum absolute atomic E-state index is 13.0. The zero-order chi connectivity index (χ0) is 22.7. The van der Waals surface area contributed by atoms with E-state index in [1.54, 1.807) is 12.0 Å². The van der Waals surface area contributed by atoms with Gasteiger partial charge in [-0.15, -0.1) is 0 Å². The second kappa shape index (κ2) is 10.5. The minimum absolute atomic E-state index is 0.0475. The number of hydrogen-bond donors (Lipinski definition) is 1. The van der Waals surface area contributed by atoms with Gasteiger partial charge in [0.05, 0.1) is 24.2 Å². The smallest absolute Gasteiger partial charge is 0.266 e. The lowest BCUT2D eigenvalue weighted by molar-refractivity contribution is -0.123. The average Bonchev–Trinajstić information content (AvgIpc) is 3.45. The lowest BCUT2D eigenvalue weighted by atomic mass is 10.1. The second-order valence-electron chi connectivity index (χ2n) is 7.64. The van der Waals surface area contributed by atoms with Gasteiger partial charge >= 0.3 is 0 Å². The molecule has 2 fully saturated rings. The highest BCUT2D eigenvalue weighted by atomic mass is 79.9. The van der Waals surface area contributed by atoms with E-state index in [1.165, 1.54) is 11.8 Å². The van der Waals surface area contributed by atoms with Gasteiger partial charge in [-0.1, -0.05) is 39.9 Å². The van der Waals surface area contributed by atoms with E-state index in [2.05, 4.69) is 21.2 Å². The summed E-state index contributed by atoms with van der Waals surface area (Å²) in [7, 11) is 1.60. The summed E-state index contributed by atoms with van der Waals surface area (Å²) in [6, 6.07) is 5.89. The molecule has 0 bridgehead atoms. The predicted octanol–water partition coefficient (Wildman–Crippen LogP) is 3.55. The summed E-state index contributed by atoms with van der Waals surface area (Å²) < 4.78 is 14.0. The fourth-order valence-corrected chi connectivity index (χ4v) is 5.46. The summed E-state index contributed by atoms with van der Waals surface area (Å²) in [5, 5.41) is 3.79. The third kappa shape index (κ3) is 5.26. The molecule has 0 spiro atoms. The van der Waals surface area contributed by atoms with E-state index < -0.39 is 0 Å². The fourth-order valence-electron chi connectivity index (χ4n) is 3.84. The van der Waals surface area contributed by atoms with Crippen molar-refractivity contribution in [1.29, 1.82) is 0 Å². The molecule has 2 aliphatic rings. The number of hydrogen-bond acceptors (Lipinski definition) is 6. The monoisotopic (exact) mass is 537 g/mol. The highest BCUT2D eigenvalue weighted by molar-refractivity contribution is 9.10. The number of thioether (sulfide) groups is 1. The van der Waals surface area contributed by atoms with Crippen LogP contribution >= 0.6 is 39.9 Å². The van der Waals surface area contributed by atoms with Crippen LogP contribution in [0.3, 0.4) is 0 Å². The Morgan fingerprint density at radius 3 is 3.06 bits per heavy atom. The first-order chi connectivity index (χ1) is 15.5. The Balaban J connectivity index is 1.59. The Morgan fingerprint density at radius 2 is 2.31 bits per heavy atom. The van der Waals surface area contributed by atoms with Crippen molar-refractivity contribution in [2.24, 2.45) is 0 Å². The van der Waals surface area contributed by atoms with Crippen molar-refractivity contribution in [2.75, 3.05) is 33.4 Å². The van der Waals surface area contributed by atoms with Gasteiger partial charge in [0.25, 0.3) is 5.91 Å². The maximum Gasteiger partial charge on any atom is 0.266 e. The van der Waals surface area contributed by atoms with Crippen molar-refractivity contribution in [3.63, 3.8) is 0 Å². The van der Waals surface area contributed by atoms with Gasteiger partial charge < -0.3 is 19.4 Å². The minimum atomic E-state index is -0.101. The van der Waals surface area contributed by atoms with Crippen molar-refractivity contribution in [2.45, 2.75) is 25.5 Å². The van der Waals surface area contributed by atoms with Gasteiger partial charge in [0.2, 0.25) is 5.91 Å². The number of nitrogens with one attached hydrogen (secondary N) is 1. The van der Waals surface area contributed by atoms with E-state index in [4.69, 9.17) is 21.7 Å². The van der Waals surface area contributed by atoms with Crippen LogP contribution in [0.25, 0.3) is 17.0 Å². The maximum atomic E-state index is 13.0.